The molecule has 4 nitrogen and oxygen atoms in total. The summed E-state index contributed by atoms with van der Waals surface area (Å²) >= 11 is 0. The predicted molar refractivity (Wildman–Crippen MR) is 55.1 cm³/mol. The summed E-state index contributed by atoms with van der Waals surface area (Å²) in [5, 5.41) is 3.33. The van der Waals surface area contributed by atoms with Crippen molar-refractivity contribution in [2.45, 2.75) is 32.9 Å². The molecule has 0 aromatic carbocycles. The number of ether oxygens (including phenoxy) is 1. The van der Waals surface area contributed by atoms with Gasteiger partial charge in [-0.2, -0.15) is 0 Å². The molecule has 1 aliphatic rings. The Morgan fingerprint density at radius 1 is 1.64 bits per heavy atom. The van der Waals surface area contributed by atoms with Gasteiger partial charge in [-0.1, -0.05) is 0 Å². The van der Waals surface area contributed by atoms with E-state index >= 15 is 0 Å². The Hall–Kier alpha value is -0.610. The van der Waals surface area contributed by atoms with E-state index in [0.717, 1.165) is 19.6 Å². The summed E-state index contributed by atoms with van der Waals surface area (Å²) in [6.45, 7) is 9.10. The molecule has 0 amide bonds. The summed E-state index contributed by atoms with van der Waals surface area (Å²) in [6.07, 6.45) is -0.0113. The summed E-state index contributed by atoms with van der Waals surface area (Å²) in [6, 6.07) is 0.468. The lowest BCUT2D eigenvalue weighted by molar-refractivity contribution is -0.148. The second-order valence-electron chi connectivity index (χ2n) is 4.13. The number of esters is 1. The minimum Gasteiger partial charge on any atom is -0.462 e. The first-order valence-electron chi connectivity index (χ1n) is 5.23. The maximum absolute atomic E-state index is 11.3. The zero-order valence-electron chi connectivity index (χ0n) is 9.25. The standard InChI is InChI=1S/C10H20N2O2/c1-8(2)14-10(13)7-12-5-4-11-9(3)6-12/h8-9,11H,4-7H2,1-3H3/t9-/m1/s1. The summed E-state index contributed by atoms with van der Waals surface area (Å²) in [4.78, 5) is 13.5. The van der Waals surface area contributed by atoms with Crippen molar-refractivity contribution < 1.29 is 9.53 Å². The first kappa shape index (κ1) is 11.5. The van der Waals surface area contributed by atoms with Gasteiger partial charge in [0, 0.05) is 25.7 Å². The molecule has 1 saturated heterocycles. The van der Waals surface area contributed by atoms with Crippen LogP contribution in [0.2, 0.25) is 0 Å². The topological polar surface area (TPSA) is 41.6 Å². The monoisotopic (exact) mass is 200 g/mol. The molecule has 1 heterocycles. The molecule has 0 spiro atoms. The fraction of sp³-hybridized carbons (Fsp3) is 0.900. The van der Waals surface area contributed by atoms with Gasteiger partial charge < -0.3 is 10.1 Å². The maximum atomic E-state index is 11.3. The number of nitrogens with zero attached hydrogens (tertiary/aromatic N) is 1. The van der Waals surface area contributed by atoms with Crippen molar-refractivity contribution in [1.82, 2.24) is 10.2 Å². The van der Waals surface area contributed by atoms with Crippen molar-refractivity contribution in [2.24, 2.45) is 0 Å². The fourth-order valence-corrected chi connectivity index (χ4v) is 1.64. The second-order valence-corrected chi connectivity index (χ2v) is 4.13. The first-order chi connectivity index (χ1) is 6.58. The molecule has 1 atom stereocenters. The van der Waals surface area contributed by atoms with Crippen LogP contribution in [0.1, 0.15) is 20.8 Å². The Balaban J connectivity index is 2.25. The number of rotatable bonds is 3. The zero-order chi connectivity index (χ0) is 10.6. The van der Waals surface area contributed by atoms with Crippen molar-refractivity contribution >= 4 is 5.97 Å². The number of carbonyl (C=O) groups is 1. The number of piperazine rings is 1. The molecule has 0 unspecified atom stereocenters. The highest BCUT2D eigenvalue weighted by Gasteiger charge is 2.18. The van der Waals surface area contributed by atoms with Gasteiger partial charge in [0.2, 0.25) is 0 Å². The molecule has 1 N–H and O–H groups in total. The van der Waals surface area contributed by atoms with E-state index in [1.165, 1.54) is 0 Å². The number of nitrogens with one attached hydrogen (secondary N) is 1. The fourth-order valence-electron chi connectivity index (χ4n) is 1.64. The van der Waals surface area contributed by atoms with E-state index in [2.05, 4.69) is 17.1 Å². The van der Waals surface area contributed by atoms with E-state index in [9.17, 15) is 4.79 Å². The van der Waals surface area contributed by atoms with E-state index < -0.39 is 0 Å². The Labute approximate surface area is 85.6 Å². The lowest BCUT2D eigenvalue weighted by Gasteiger charge is -2.31. The molecule has 0 aromatic rings. The largest absolute Gasteiger partial charge is 0.462 e. The van der Waals surface area contributed by atoms with Crippen LogP contribution in [0.5, 0.6) is 0 Å². The minimum atomic E-state index is -0.117. The van der Waals surface area contributed by atoms with Crippen LogP contribution in [0.4, 0.5) is 0 Å². The van der Waals surface area contributed by atoms with Crippen molar-refractivity contribution in [3.8, 4) is 0 Å². The van der Waals surface area contributed by atoms with Crippen molar-refractivity contribution in [3.63, 3.8) is 0 Å². The van der Waals surface area contributed by atoms with Crippen molar-refractivity contribution in [1.29, 1.82) is 0 Å². The Bertz CT molecular complexity index is 195. The van der Waals surface area contributed by atoms with Crippen LogP contribution in [0.25, 0.3) is 0 Å². The molecule has 1 rings (SSSR count). The van der Waals surface area contributed by atoms with E-state index in [1.54, 1.807) is 0 Å². The molecular weight excluding hydrogens is 180 g/mol. The average molecular weight is 200 g/mol. The van der Waals surface area contributed by atoms with Gasteiger partial charge in [0.1, 0.15) is 0 Å². The number of hydrogen-bond acceptors (Lipinski definition) is 4. The van der Waals surface area contributed by atoms with Gasteiger partial charge in [-0.05, 0) is 20.8 Å². The highest BCUT2D eigenvalue weighted by atomic mass is 16.5. The Kier molecular flexibility index (Phi) is 4.35. The van der Waals surface area contributed by atoms with E-state index in [0.29, 0.717) is 12.6 Å². The van der Waals surface area contributed by atoms with Crippen LogP contribution < -0.4 is 5.32 Å². The third-order valence-electron chi connectivity index (χ3n) is 2.17. The van der Waals surface area contributed by atoms with Crippen LogP contribution in [-0.2, 0) is 9.53 Å². The first-order valence-corrected chi connectivity index (χ1v) is 5.23. The molecule has 1 aliphatic heterocycles. The third-order valence-corrected chi connectivity index (χ3v) is 2.17. The lowest BCUT2D eigenvalue weighted by Crippen LogP contribution is -2.50. The van der Waals surface area contributed by atoms with Gasteiger partial charge in [-0.25, -0.2) is 0 Å². The summed E-state index contributed by atoms with van der Waals surface area (Å²) in [7, 11) is 0. The molecule has 0 bridgehead atoms. The highest BCUT2D eigenvalue weighted by Crippen LogP contribution is 1.99. The van der Waals surface area contributed by atoms with E-state index in [1.807, 2.05) is 13.8 Å². The molecule has 14 heavy (non-hydrogen) atoms. The Morgan fingerprint density at radius 2 is 2.36 bits per heavy atom. The zero-order valence-corrected chi connectivity index (χ0v) is 9.25. The lowest BCUT2D eigenvalue weighted by atomic mass is 10.2. The quantitative estimate of drug-likeness (QED) is 0.662. The molecular formula is C10H20N2O2. The Morgan fingerprint density at radius 3 is 2.93 bits per heavy atom. The van der Waals surface area contributed by atoms with E-state index in [-0.39, 0.29) is 12.1 Å². The van der Waals surface area contributed by atoms with Crippen LogP contribution >= 0.6 is 0 Å². The molecule has 4 heteroatoms. The summed E-state index contributed by atoms with van der Waals surface area (Å²) in [5.41, 5.74) is 0. The number of hydrogen-bond donors (Lipinski definition) is 1. The highest BCUT2D eigenvalue weighted by molar-refractivity contribution is 5.71. The van der Waals surface area contributed by atoms with Crippen molar-refractivity contribution in [2.75, 3.05) is 26.2 Å². The third kappa shape index (κ3) is 4.07. The van der Waals surface area contributed by atoms with Gasteiger partial charge in [0.05, 0.1) is 12.6 Å². The summed E-state index contributed by atoms with van der Waals surface area (Å²) in [5.74, 6) is -0.117. The van der Waals surface area contributed by atoms with Crippen LogP contribution in [0.3, 0.4) is 0 Å². The van der Waals surface area contributed by atoms with Gasteiger partial charge in [0.15, 0.2) is 0 Å². The SMILES string of the molecule is CC(C)OC(=O)CN1CCN[C@H](C)C1. The van der Waals surface area contributed by atoms with Gasteiger partial charge in [-0.15, -0.1) is 0 Å². The number of carbonyl (C=O) groups excluding carboxylic acids is 1. The van der Waals surface area contributed by atoms with Crippen LogP contribution in [0.15, 0.2) is 0 Å². The van der Waals surface area contributed by atoms with Crippen molar-refractivity contribution in [3.05, 3.63) is 0 Å². The van der Waals surface area contributed by atoms with Crippen LogP contribution in [0, 0.1) is 0 Å². The van der Waals surface area contributed by atoms with Crippen LogP contribution in [-0.4, -0.2) is 49.2 Å². The average Bonchev–Trinajstić information content (AvgIpc) is 2.01. The van der Waals surface area contributed by atoms with Gasteiger partial charge in [-0.3, -0.25) is 9.69 Å². The summed E-state index contributed by atoms with van der Waals surface area (Å²) < 4.78 is 5.09. The molecule has 0 aliphatic carbocycles. The maximum Gasteiger partial charge on any atom is 0.320 e. The molecule has 0 radical (unpaired) electrons. The minimum absolute atomic E-state index is 0.0113. The molecule has 0 saturated carbocycles. The molecule has 1 fully saturated rings. The van der Waals surface area contributed by atoms with E-state index in [4.69, 9.17) is 4.74 Å². The normalized spacial score (nSPS) is 23.9. The van der Waals surface area contributed by atoms with Gasteiger partial charge in [0.25, 0.3) is 0 Å². The predicted octanol–water partition coefficient (Wildman–Crippen LogP) is 0.232. The second kappa shape index (κ2) is 5.32. The van der Waals surface area contributed by atoms with Gasteiger partial charge >= 0.3 is 5.97 Å². The molecule has 0 aromatic heterocycles. The smallest absolute Gasteiger partial charge is 0.320 e. The molecule has 82 valence electrons.